The van der Waals surface area contributed by atoms with E-state index in [0.717, 1.165) is 5.69 Å². The first-order valence-electron chi connectivity index (χ1n) is 5.91. The molecule has 1 heterocycles. The minimum Gasteiger partial charge on any atom is -0.481 e. The molecule has 0 aliphatic carbocycles. The van der Waals surface area contributed by atoms with E-state index < -0.39 is 0 Å². The monoisotopic (exact) mass is 268 g/mol. The molecule has 0 atom stereocenters. The van der Waals surface area contributed by atoms with Crippen LogP contribution in [-0.2, 0) is 4.74 Å². The van der Waals surface area contributed by atoms with Crippen molar-refractivity contribution in [3.05, 3.63) is 18.3 Å². The Morgan fingerprint density at radius 2 is 2.26 bits per heavy atom. The Morgan fingerprint density at radius 1 is 1.47 bits per heavy atom. The van der Waals surface area contributed by atoms with Gasteiger partial charge < -0.3 is 25.3 Å². The highest BCUT2D eigenvalue weighted by Gasteiger charge is 2.09. The highest BCUT2D eigenvalue weighted by Crippen LogP contribution is 2.18. The lowest BCUT2D eigenvalue weighted by Gasteiger charge is -2.24. The molecule has 0 aliphatic heterocycles. The van der Waals surface area contributed by atoms with Gasteiger partial charge in [0.15, 0.2) is 0 Å². The highest BCUT2D eigenvalue weighted by atomic mass is 16.5. The molecule has 19 heavy (non-hydrogen) atoms. The normalized spacial score (nSPS) is 11.4. The van der Waals surface area contributed by atoms with Crippen LogP contribution in [0.4, 0.5) is 5.69 Å². The van der Waals surface area contributed by atoms with Gasteiger partial charge in [-0.3, -0.25) is 0 Å². The Hall–Kier alpha value is -2.02. The fourth-order valence-corrected chi connectivity index (χ4v) is 1.58. The van der Waals surface area contributed by atoms with E-state index in [4.69, 9.17) is 20.4 Å². The van der Waals surface area contributed by atoms with Gasteiger partial charge in [-0.25, -0.2) is 4.98 Å². The zero-order valence-electron chi connectivity index (χ0n) is 11.2. The van der Waals surface area contributed by atoms with E-state index in [2.05, 4.69) is 15.0 Å². The number of amidine groups is 1. The number of anilines is 1. The highest BCUT2D eigenvalue weighted by molar-refractivity contribution is 5.80. The Balaban J connectivity index is 2.76. The van der Waals surface area contributed by atoms with Crippen LogP contribution in [0.2, 0.25) is 0 Å². The summed E-state index contributed by atoms with van der Waals surface area (Å²) in [7, 11) is 3.22. The fourth-order valence-electron chi connectivity index (χ4n) is 1.58. The molecule has 7 nitrogen and oxygen atoms in total. The first-order valence-corrected chi connectivity index (χ1v) is 5.91. The zero-order chi connectivity index (χ0) is 14.1. The number of nitrogens with two attached hydrogens (primary N) is 1. The SMILES string of the molecule is COCCN(CC/C(N)=N/O)c1ccnc(OC)c1. The standard InChI is InChI=1S/C12H20N4O3/c1-18-8-7-16(6-4-11(13)15-17)10-3-5-14-12(9-10)19-2/h3,5,9,17H,4,6-8H2,1-2H3,(H2,13,15). The van der Waals surface area contributed by atoms with E-state index >= 15 is 0 Å². The van der Waals surface area contributed by atoms with Crippen LogP contribution < -0.4 is 15.4 Å². The Morgan fingerprint density at radius 3 is 2.89 bits per heavy atom. The molecule has 0 spiro atoms. The fraction of sp³-hybridized carbons (Fsp3) is 0.500. The van der Waals surface area contributed by atoms with Crippen LogP contribution in [0.3, 0.4) is 0 Å². The predicted octanol–water partition coefficient (Wildman–Crippen LogP) is 0.679. The van der Waals surface area contributed by atoms with Gasteiger partial charge >= 0.3 is 0 Å². The largest absolute Gasteiger partial charge is 0.481 e. The van der Waals surface area contributed by atoms with Crippen molar-refractivity contribution in [1.82, 2.24) is 4.98 Å². The third kappa shape index (κ3) is 5.01. The molecule has 0 aliphatic rings. The second-order valence-electron chi connectivity index (χ2n) is 3.88. The molecule has 0 fully saturated rings. The minimum absolute atomic E-state index is 0.198. The van der Waals surface area contributed by atoms with Gasteiger partial charge in [-0.15, -0.1) is 0 Å². The Bertz CT molecular complexity index is 412. The predicted molar refractivity (Wildman–Crippen MR) is 72.9 cm³/mol. The van der Waals surface area contributed by atoms with Crippen molar-refractivity contribution in [1.29, 1.82) is 0 Å². The van der Waals surface area contributed by atoms with E-state index in [-0.39, 0.29) is 5.84 Å². The second kappa shape index (κ2) is 8.15. The summed E-state index contributed by atoms with van der Waals surface area (Å²) in [5.41, 5.74) is 6.44. The molecule has 0 amide bonds. The van der Waals surface area contributed by atoms with Gasteiger partial charge in [0.25, 0.3) is 0 Å². The van der Waals surface area contributed by atoms with Crippen LogP contribution >= 0.6 is 0 Å². The van der Waals surface area contributed by atoms with E-state index in [1.54, 1.807) is 20.4 Å². The van der Waals surface area contributed by atoms with Gasteiger partial charge in [-0.1, -0.05) is 5.16 Å². The summed E-state index contributed by atoms with van der Waals surface area (Å²) in [6.45, 7) is 1.90. The lowest BCUT2D eigenvalue weighted by molar-refractivity contribution is 0.205. The van der Waals surface area contributed by atoms with Crippen molar-refractivity contribution in [2.45, 2.75) is 6.42 Å². The maximum Gasteiger partial charge on any atom is 0.214 e. The third-order valence-electron chi connectivity index (χ3n) is 2.62. The molecule has 1 aromatic heterocycles. The van der Waals surface area contributed by atoms with Crippen LogP contribution in [0, 0.1) is 0 Å². The molecule has 0 bridgehead atoms. The van der Waals surface area contributed by atoms with Gasteiger partial charge in [0.05, 0.1) is 13.7 Å². The summed E-state index contributed by atoms with van der Waals surface area (Å²) in [5, 5.41) is 11.5. The molecule has 0 unspecified atom stereocenters. The first kappa shape index (κ1) is 15.0. The van der Waals surface area contributed by atoms with Crippen LogP contribution in [0.5, 0.6) is 5.88 Å². The number of nitrogens with zero attached hydrogens (tertiary/aromatic N) is 3. The molecule has 1 rings (SSSR count). The summed E-state index contributed by atoms with van der Waals surface area (Å²) in [6, 6.07) is 3.71. The number of hydrogen-bond acceptors (Lipinski definition) is 6. The average Bonchev–Trinajstić information content (AvgIpc) is 2.47. The zero-order valence-corrected chi connectivity index (χ0v) is 11.2. The molecule has 106 valence electrons. The molecule has 3 N–H and O–H groups in total. The van der Waals surface area contributed by atoms with Crippen LogP contribution in [-0.4, -0.2) is 49.9 Å². The lowest BCUT2D eigenvalue weighted by atomic mass is 10.3. The van der Waals surface area contributed by atoms with Gasteiger partial charge in [-0.2, -0.15) is 0 Å². The molecule has 0 saturated carbocycles. The Labute approximate surface area is 112 Å². The summed E-state index contributed by atoms with van der Waals surface area (Å²) in [4.78, 5) is 6.12. The topological polar surface area (TPSA) is 93.2 Å². The molecular weight excluding hydrogens is 248 g/mol. The van der Waals surface area contributed by atoms with Gasteiger partial charge in [0.1, 0.15) is 5.84 Å². The van der Waals surface area contributed by atoms with Crippen LogP contribution in [0.15, 0.2) is 23.5 Å². The number of hydrogen-bond donors (Lipinski definition) is 2. The number of pyridine rings is 1. The van der Waals surface area contributed by atoms with Gasteiger partial charge in [0, 0.05) is 44.6 Å². The maximum absolute atomic E-state index is 8.57. The number of rotatable bonds is 8. The summed E-state index contributed by atoms with van der Waals surface area (Å²) >= 11 is 0. The third-order valence-corrected chi connectivity index (χ3v) is 2.62. The van der Waals surface area contributed by atoms with Gasteiger partial charge in [0.2, 0.25) is 5.88 Å². The molecule has 0 aromatic carbocycles. The smallest absolute Gasteiger partial charge is 0.214 e. The maximum atomic E-state index is 8.57. The van der Waals surface area contributed by atoms with Crippen molar-refractivity contribution < 1.29 is 14.7 Å². The van der Waals surface area contributed by atoms with Crippen LogP contribution in [0.1, 0.15) is 6.42 Å². The number of ether oxygens (including phenoxy) is 2. The van der Waals surface area contributed by atoms with E-state index in [1.807, 2.05) is 12.1 Å². The summed E-state index contributed by atoms with van der Waals surface area (Å²) < 4.78 is 10.2. The summed E-state index contributed by atoms with van der Waals surface area (Å²) in [5.74, 6) is 0.743. The second-order valence-corrected chi connectivity index (χ2v) is 3.88. The van der Waals surface area contributed by atoms with Crippen LogP contribution in [0.25, 0.3) is 0 Å². The van der Waals surface area contributed by atoms with Crippen molar-refractivity contribution in [3.8, 4) is 5.88 Å². The Kier molecular flexibility index (Phi) is 6.45. The number of oxime groups is 1. The lowest BCUT2D eigenvalue weighted by Crippen LogP contribution is -2.31. The van der Waals surface area contributed by atoms with Crippen molar-refractivity contribution in [2.75, 3.05) is 38.8 Å². The van der Waals surface area contributed by atoms with Crippen molar-refractivity contribution >= 4 is 11.5 Å². The average molecular weight is 268 g/mol. The first-order chi connectivity index (χ1) is 9.21. The van der Waals surface area contributed by atoms with Crippen molar-refractivity contribution in [2.24, 2.45) is 10.9 Å². The van der Waals surface area contributed by atoms with Gasteiger partial charge in [-0.05, 0) is 6.07 Å². The number of methoxy groups -OCH3 is 2. The van der Waals surface area contributed by atoms with E-state index in [1.165, 1.54) is 0 Å². The van der Waals surface area contributed by atoms with Crippen molar-refractivity contribution in [3.63, 3.8) is 0 Å². The molecular formula is C12H20N4O3. The molecule has 7 heteroatoms. The molecule has 1 aromatic rings. The minimum atomic E-state index is 0.198. The molecule has 0 saturated heterocycles. The van der Waals surface area contributed by atoms with E-state index in [9.17, 15) is 0 Å². The number of aromatic nitrogens is 1. The molecule has 0 radical (unpaired) electrons. The van der Waals surface area contributed by atoms with E-state index in [0.29, 0.717) is 32.0 Å². The summed E-state index contributed by atoms with van der Waals surface area (Å²) in [6.07, 6.45) is 2.14. The quantitative estimate of drug-likeness (QED) is 0.312.